The highest BCUT2D eigenvalue weighted by molar-refractivity contribution is 14.0. The molecule has 0 unspecified atom stereocenters. The molecule has 0 bridgehead atoms. The van der Waals surface area contributed by atoms with Crippen molar-refractivity contribution in [2.75, 3.05) is 0 Å². The molecule has 1 aromatic rings. The Morgan fingerprint density at radius 2 is 1.83 bits per heavy atom. The lowest BCUT2D eigenvalue weighted by Crippen LogP contribution is -2.47. The van der Waals surface area contributed by atoms with Gasteiger partial charge in [-0.3, -0.25) is 4.99 Å². The van der Waals surface area contributed by atoms with Crippen LogP contribution in [0.4, 0.5) is 13.2 Å². The van der Waals surface area contributed by atoms with Crippen LogP contribution in [0.3, 0.4) is 0 Å². The van der Waals surface area contributed by atoms with Gasteiger partial charge in [0, 0.05) is 6.04 Å². The van der Waals surface area contributed by atoms with E-state index in [1.54, 1.807) is 6.07 Å². The van der Waals surface area contributed by atoms with Crippen molar-refractivity contribution >= 4 is 29.9 Å². The number of aliphatic imine (C=N–C) groups is 1. The predicted octanol–water partition coefficient (Wildman–Crippen LogP) is 4.42. The van der Waals surface area contributed by atoms with Crippen LogP contribution in [0.5, 0.6) is 0 Å². The maximum absolute atomic E-state index is 12.8. The second-order valence-electron chi connectivity index (χ2n) is 6.59. The summed E-state index contributed by atoms with van der Waals surface area (Å²) in [4.78, 5) is 4.48. The third-order valence-corrected chi connectivity index (χ3v) is 4.82. The van der Waals surface area contributed by atoms with Gasteiger partial charge in [0.05, 0.1) is 11.6 Å². The summed E-state index contributed by atoms with van der Waals surface area (Å²) < 4.78 is 38.3. The third kappa shape index (κ3) is 4.77. The summed E-state index contributed by atoms with van der Waals surface area (Å²) in [6.45, 7) is 0. The van der Waals surface area contributed by atoms with E-state index in [1.807, 2.05) is 0 Å². The van der Waals surface area contributed by atoms with Gasteiger partial charge in [-0.25, -0.2) is 0 Å². The van der Waals surface area contributed by atoms with Gasteiger partial charge in [0.2, 0.25) is 0 Å². The van der Waals surface area contributed by atoms with E-state index in [0.717, 1.165) is 37.3 Å². The quantitative estimate of drug-likeness (QED) is 0.405. The maximum Gasteiger partial charge on any atom is 0.416 e. The predicted molar refractivity (Wildman–Crippen MR) is 99.6 cm³/mol. The van der Waals surface area contributed by atoms with Gasteiger partial charge in [0.1, 0.15) is 0 Å². The average Bonchev–Trinajstić information content (AvgIpc) is 2.94. The number of hydrogen-bond donors (Lipinski definition) is 2. The smallest absolute Gasteiger partial charge is 0.370 e. The molecule has 24 heavy (non-hydrogen) atoms. The Balaban J connectivity index is 0.00000208. The molecule has 0 aliphatic heterocycles. The van der Waals surface area contributed by atoms with Crippen LogP contribution in [-0.2, 0) is 6.18 Å². The number of benzene rings is 1. The first kappa shape index (κ1) is 19.3. The third-order valence-electron chi connectivity index (χ3n) is 4.82. The summed E-state index contributed by atoms with van der Waals surface area (Å²) >= 11 is 0. The molecular weight excluding hydrogens is 430 g/mol. The number of nitrogens with one attached hydrogen (secondary N) is 1. The maximum atomic E-state index is 12.8. The first-order chi connectivity index (χ1) is 10.9. The largest absolute Gasteiger partial charge is 0.416 e. The number of hydrogen-bond acceptors (Lipinski definition) is 1. The van der Waals surface area contributed by atoms with Gasteiger partial charge >= 0.3 is 6.18 Å². The van der Waals surface area contributed by atoms with Crippen molar-refractivity contribution in [3.63, 3.8) is 0 Å². The Hall–Kier alpha value is -0.990. The molecule has 0 heterocycles. The average molecular weight is 453 g/mol. The molecule has 134 valence electrons. The fraction of sp³-hybridized carbons (Fsp3) is 0.588. The van der Waals surface area contributed by atoms with E-state index in [0.29, 0.717) is 12.0 Å². The Kier molecular flexibility index (Phi) is 6.39. The normalized spacial score (nSPS) is 25.0. The molecular formula is C17H23F3IN3. The number of rotatable bonds is 3. The second kappa shape index (κ2) is 7.93. The lowest BCUT2D eigenvalue weighted by Gasteiger charge is -2.36. The number of halogens is 4. The summed E-state index contributed by atoms with van der Waals surface area (Å²) in [6, 6.07) is 6.17. The van der Waals surface area contributed by atoms with Crippen molar-refractivity contribution in [3.8, 4) is 0 Å². The molecule has 7 heteroatoms. The monoisotopic (exact) mass is 453 g/mol. The molecule has 3 rings (SSSR count). The minimum absolute atomic E-state index is 0. The first-order valence-corrected chi connectivity index (χ1v) is 8.19. The summed E-state index contributed by atoms with van der Waals surface area (Å²) in [5, 5.41) is 3.19. The molecule has 0 atom stereocenters. The van der Waals surface area contributed by atoms with Gasteiger partial charge in [-0.15, -0.1) is 24.0 Å². The minimum atomic E-state index is -4.28. The zero-order chi connectivity index (χ0) is 16.4. The molecule has 0 amide bonds. The Labute approximate surface area is 157 Å². The lowest BCUT2D eigenvalue weighted by atomic mass is 9.75. The van der Waals surface area contributed by atoms with Crippen LogP contribution in [0, 0.1) is 0 Å². The number of guanidine groups is 1. The van der Waals surface area contributed by atoms with Gasteiger partial charge in [0.15, 0.2) is 5.96 Å². The van der Waals surface area contributed by atoms with Crippen molar-refractivity contribution in [2.45, 2.75) is 62.7 Å². The number of alkyl halides is 3. The molecule has 0 spiro atoms. The van der Waals surface area contributed by atoms with Gasteiger partial charge in [-0.2, -0.15) is 13.2 Å². The molecule has 2 aliphatic rings. The van der Waals surface area contributed by atoms with Gasteiger partial charge in [-0.05, 0) is 43.2 Å². The van der Waals surface area contributed by atoms with Gasteiger partial charge < -0.3 is 11.1 Å². The molecule has 0 radical (unpaired) electrons. The fourth-order valence-electron chi connectivity index (χ4n) is 3.45. The van der Waals surface area contributed by atoms with Crippen LogP contribution >= 0.6 is 24.0 Å². The molecule has 2 saturated carbocycles. The van der Waals surface area contributed by atoms with Gasteiger partial charge in [0.25, 0.3) is 0 Å². The SMILES string of the molecule is I.NC(=NC1CCCC1)NC1CC(c2cccc(C(F)(F)F)c2)C1. The minimum Gasteiger partial charge on any atom is -0.370 e. The van der Waals surface area contributed by atoms with Crippen molar-refractivity contribution in [2.24, 2.45) is 10.7 Å². The molecule has 0 aromatic heterocycles. The zero-order valence-electron chi connectivity index (χ0n) is 13.4. The van der Waals surface area contributed by atoms with Gasteiger partial charge in [-0.1, -0.05) is 31.0 Å². The van der Waals surface area contributed by atoms with Crippen LogP contribution in [0.1, 0.15) is 55.6 Å². The topological polar surface area (TPSA) is 50.4 Å². The fourth-order valence-corrected chi connectivity index (χ4v) is 3.45. The Morgan fingerprint density at radius 3 is 2.46 bits per heavy atom. The van der Waals surface area contributed by atoms with E-state index in [2.05, 4.69) is 10.3 Å². The van der Waals surface area contributed by atoms with E-state index in [9.17, 15) is 13.2 Å². The molecule has 2 aliphatic carbocycles. The lowest BCUT2D eigenvalue weighted by molar-refractivity contribution is -0.137. The Bertz CT molecular complexity index is 577. The van der Waals surface area contributed by atoms with Crippen LogP contribution < -0.4 is 11.1 Å². The summed E-state index contributed by atoms with van der Waals surface area (Å²) in [5.74, 6) is 0.637. The highest BCUT2D eigenvalue weighted by atomic mass is 127. The number of nitrogens with zero attached hydrogens (tertiary/aromatic N) is 1. The number of nitrogens with two attached hydrogens (primary N) is 1. The molecule has 1 aromatic carbocycles. The summed E-state index contributed by atoms with van der Waals surface area (Å²) in [6.07, 6.45) is 1.92. The zero-order valence-corrected chi connectivity index (χ0v) is 15.7. The van der Waals surface area contributed by atoms with E-state index in [1.165, 1.54) is 25.0 Å². The first-order valence-electron chi connectivity index (χ1n) is 8.19. The highest BCUT2D eigenvalue weighted by Crippen LogP contribution is 2.39. The van der Waals surface area contributed by atoms with Crippen LogP contribution in [0.15, 0.2) is 29.3 Å². The van der Waals surface area contributed by atoms with E-state index >= 15 is 0 Å². The van der Waals surface area contributed by atoms with Crippen molar-refractivity contribution < 1.29 is 13.2 Å². The van der Waals surface area contributed by atoms with Crippen LogP contribution in [-0.4, -0.2) is 18.0 Å². The highest BCUT2D eigenvalue weighted by Gasteiger charge is 2.34. The van der Waals surface area contributed by atoms with Crippen molar-refractivity contribution in [3.05, 3.63) is 35.4 Å². The molecule has 3 N–H and O–H groups in total. The summed E-state index contributed by atoms with van der Waals surface area (Å²) in [7, 11) is 0. The van der Waals surface area contributed by atoms with Crippen molar-refractivity contribution in [1.29, 1.82) is 0 Å². The van der Waals surface area contributed by atoms with Crippen LogP contribution in [0.2, 0.25) is 0 Å². The van der Waals surface area contributed by atoms with E-state index in [-0.39, 0.29) is 35.9 Å². The standard InChI is InChI=1S/C17H22F3N3.HI/c18-17(19,20)13-5-3-4-11(8-13)12-9-15(10-12)23-16(21)22-14-6-1-2-7-14;/h3-5,8,12,14-15H,1-2,6-7,9-10H2,(H3,21,22,23);1H. The second-order valence-corrected chi connectivity index (χ2v) is 6.59. The van der Waals surface area contributed by atoms with Crippen LogP contribution in [0.25, 0.3) is 0 Å². The Morgan fingerprint density at radius 1 is 1.17 bits per heavy atom. The van der Waals surface area contributed by atoms with Crippen molar-refractivity contribution in [1.82, 2.24) is 5.32 Å². The molecule has 0 saturated heterocycles. The molecule has 3 nitrogen and oxygen atoms in total. The van der Waals surface area contributed by atoms with E-state index in [4.69, 9.17) is 5.73 Å². The summed E-state index contributed by atoms with van der Waals surface area (Å²) in [5.41, 5.74) is 6.10. The molecule has 2 fully saturated rings. The van der Waals surface area contributed by atoms with E-state index < -0.39 is 11.7 Å².